The molecule has 3 aromatic rings. The number of aromatic nitrogens is 2. The number of rotatable bonds is 1. The van der Waals surface area contributed by atoms with E-state index in [1.807, 2.05) is 18.2 Å². The van der Waals surface area contributed by atoms with Crippen LogP contribution in [0.1, 0.15) is 44.9 Å². The molecular weight excluding hydrogens is 326 g/mol. The molecule has 0 saturated heterocycles. The van der Waals surface area contributed by atoms with E-state index in [0.717, 1.165) is 54.0 Å². The number of benzene rings is 1. The Hall–Kier alpha value is -2.82. The number of hydrogen-bond acceptors (Lipinski definition) is 3. The first-order valence-corrected chi connectivity index (χ1v) is 9.07. The molecule has 3 heterocycles. The van der Waals surface area contributed by atoms with Gasteiger partial charge in [0.2, 0.25) is 0 Å². The van der Waals surface area contributed by atoms with Gasteiger partial charge in [0.25, 0.3) is 0 Å². The van der Waals surface area contributed by atoms with Crippen molar-refractivity contribution in [2.75, 3.05) is 5.32 Å². The van der Waals surface area contributed by atoms with E-state index in [2.05, 4.69) is 29.6 Å². The van der Waals surface area contributed by atoms with Crippen LogP contribution in [0.15, 0.2) is 30.5 Å². The van der Waals surface area contributed by atoms with Crippen molar-refractivity contribution in [1.29, 1.82) is 0 Å². The van der Waals surface area contributed by atoms with E-state index in [1.165, 1.54) is 11.1 Å². The highest BCUT2D eigenvalue weighted by Gasteiger charge is 2.41. The molecule has 0 unspecified atom stereocenters. The lowest BCUT2D eigenvalue weighted by Crippen LogP contribution is -2.43. The number of carbonyl (C=O) groups is 1. The maximum absolute atomic E-state index is 11.9. The topological polar surface area (TPSA) is 66.6 Å². The van der Waals surface area contributed by atoms with Gasteiger partial charge in [0.1, 0.15) is 0 Å². The lowest BCUT2D eigenvalue weighted by atomic mass is 9.83. The summed E-state index contributed by atoms with van der Waals surface area (Å²) in [6.45, 7) is 3.95. The number of hydrogen-bond donors (Lipinski definition) is 2. The smallest absolute Gasteiger partial charge is 0.337 e. The lowest BCUT2D eigenvalue weighted by molar-refractivity contribution is 0.0695. The van der Waals surface area contributed by atoms with Crippen LogP contribution in [0.2, 0.25) is 0 Å². The minimum absolute atomic E-state index is 0.0396. The SMILES string of the molecule is Cc1nc2c3c(c(C(=O)O)cn2c1C)CCC1(Cc2ccccc2C1)N3. The van der Waals surface area contributed by atoms with Crippen molar-refractivity contribution in [2.24, 2.45) is 0 Å². The Morgan fingerprint density at radius 3 is 2.58 bits per heavy atom. The van der Waals surface area contributed by atoms with Gasteiger partial charge < -0.3 is 14.8 Å². The van der Waals surface area contributed by atoms with Crippen molar-refractivity contribution < 1.29 is 9.90 Å². The summed E-state index contributed by atoms with van der Waals surface area (Å²) in [5, 5.41) is 13.5. The fourth-order valence-corrected chi connectivity index (χ4v) is 4.66. The summed E-state index contributed by atoms with van der Waals surface area (Å²) < 4.78 is 1.92. The van der Waals surface area contributed by atoms with E-state index in [0.29, 0.717) is 5.56 Å². The molecule has 0 fully saturated rings. The van der Waals surface area contributed by atoms with Gasteiger partial charge in [-0.3, -0.25) is 0 Å². The van der Waals surface area contributed by atoms with E-state index in [1.54, 1.807) is 6.20 Å². The van der Waals surface area contributed by atoms with Crippen LogP contribution in [0.4, 0.5) is 5.69 Å². The predicted molar refractivity (Wildman–Crippen MR) is 100 cm³/mol. The number of pyridine rings is 1. The second-order valence-electron chi connectivity index (χ2n) is 7.71. The van der Waals surface area contributed by atoms with Crippen molar-refractivity contribution in [3.05, 3.63) is 64.1 Å². The van der Waals surface area contributed by atoms with E-state index in [4.69, 9.17) is 4.98 Å². The molecule has 1 spiro atoms. The number of carboxylic acid groups (broad SMARTS) is 1. The van der Waals surface area contributed by atoms with Crippen LogP contribution in [0, 0.1) is 13.8 Å². The second kappa shape index (κ2) is 5.10. The van der Waals surface area contributed by atoms with Crippen LogP contribution in [0.3, 0.4) is 0 Å². The summed E-state index contributed by atoms with van der Waals surface area (Å²) in [7, 11) is 0. The molecule has 1 aliphatic heterocycles. The molecule has 0 radical (unpaired) electrons. The molecule has 1 aromatic carbocycles. The zero-order valence-corrected chi connectivity index (χ0v) is 15.0. The first kappa shape index (κ1) is 15.4. The van der Waals surface area contributed by atoms with Crippen molar-refractivity contribution >= 4 is 17.3 Å². The highest BCUT2D eigenvalue weighted by molar-refractivity contribution is 5.94. The highest BCUT2D eigenvalue weighted by Crippen LogP contribution is 2.43. The largest absolute Gasteiger partial charge is 0.478 e. The molecule has 132 valence electrons. The van der Waals surface area contributed by atoms with E-state index in [9.17, 15) is 9.90 Å². The maximum atomic E-state index is 11.9. The Bertz CT molecular complexity index is 1060. The van der Waals surface area contributed by atoms with Crippen LogP contribution >= 0.6 is 0 Å². The van der Waals surface area contributed by atoms with Gasteiger partial charge in [-0.05, 0) is 56.2 Å². The van der Waals surface area contributed by atoms with Crippen LogP contribution in [0.25, 0.3) is 5.65 Å². The number of carboxylic acids is 1. The molecule has 26 heavy (non-hydrogen) atoms. The van der Waals surface area contributed by atoms with Gasteiger partial charge in [-0.25, -0.2) is 9.78 Å². The molecule has 2 aromatic heterocycles. The molecule has 0 saturated carbocycles. The van der Waals surface area contributed by atoms with Crippen LogP contribution in [0.5, 0.6) is 0 Å². The number of nitrogens with one attached hydrogen (secondary N) is 1. The van der Waals surface area contributed by atoms with Crippen LogP contribution in [-0.4, -0.2) is 26.0 Å². The van der Waals surface area contributed by atoms with Crippen molar-refractivity contribution in [1.82, 2.24) is 9.38 Å². The zero-order chi connectivity index (χ0) is 18.1. The number of imidazole rings is 1. The first-order chi connectivity index (χ1) is 12.5. The molecule has 1 aliphatic carbocycles. The lowest BCUT2D eigenvalue weighted by Gasteiger charge is -2.37. The summed E-state index contributed by atoms with van der Waals surface area (Å²) in [6.07, 6.45) is 5.38. The number of anilines is 1. The van der Waals surface area contributed by atoms with Gasteiger partial charge in [-0.2, -0.15) is 0 Å². The van der Waals surface area contributed by atoms with Gasteiger partial charge in [-0.15, -0.1) is 0 Å². The monoisotopic (exact) mass is 347 g/mol. The molecular formula is C21H21N3O2. The average molecular weight is 347 g/mol. The normalized spacial score (nSPS) is 17.2. The second-order valence-corrected chi connectivity index (χ2v) is 7.71. The van der Waals surface area contributed by atoms with Gasteiger partial charge >= 0.3 is 5.97 Å². The maximum Gasteiger partial charge on any atom is 0.337 e. The quantitative estimate of drug-likeness (QED) is 0.706. The van der Waals surface area contributed by atoms with Gasteiger partial charge in [-0.1, -0.05) is 24.3 Å². The Kier molecular flexibility index (Phi) is 3.03. The average Bonchev–Trinajstić information content (AvgIpc) is 3.11. The molecule has 0 amide bonds. The highest BCUT2D eigenvalue weighted by atomic mass is 16.4. The minimum Gasteiger partial charge on any atom is -0.478 e. The van der Waals surface area contributed by atoms with Crippen molar-refractivity contribution in [3.63, 3.8) is 0 Å². The summed E-state index contributed by atoms with van der Waals surface area (Å²) in [4.78, 5) is 16.6. The Balaban J connectivity index is 1.69. The van der Waals surface area contributed by atoms with Crippen LogP contribution in [-0.2, 0) is 19.3 Å². The summed E-state index contributed by atoms with van der Waals surface area (Å²) in [5.74, 6) is -0.874. The van der Waals surface area contributed by atoms with E-state index < -0.39 is 5.97 Å². The van der Waals surface area contributed by atoms with Crippen molar-refractivity contribution in [3.8, 4) is 0 Å². The molecule has 5 heteroatoms. The first-order valence-electron chi connectivity index (χ1n) is 9.07. The molecule has 5 nitrogen and oxygen atoms in total. The third-order valence-corrected chi connectivity index (χ3v) is 6.15. The summed E-state index contributed by atoms with van der Waals surface area (Å²) in [6, 6.07) is 8.59. The molecule has 0 bridgehead atoms. The van der Waals surface area contributed by atoms with Gasteiger partial charge in [0, 0.05) is 17.4 Å². The fraction of sp³-hybridized carbons (Fsp3) is 0.333. The van der Waals surface area contributed by atoms with E-state index in [-0.39, 0.29) is 5.54 Å². The zero-order valence-electron chi connectivity index (χ0n) is 15.0. The Labute approximate surface area is 151 Å². The van der Waals surface area contributed by atoms with Gasteiger partial charge in [0.05, 0.1) is 16.9 Å². The third kappa shape index (κ3) is 2.03. The number of fused-ring (bicyclic) bond motifs is 4. The van der Waals surface area contributed by atoms with Crippen molar-refractivity contribution in [2.45, 2.75) is 45.1 Å². The standard InChI is InChI=1S/C21H21N3O2/c1-12-13(2)24-11-17(20(25)26)16-7-8-21(23-18(16)19(24)22-12)9-14-5-3-4-6-15(14)10-21/h3-6,11,23H,7-10H2,1-2H3,(H,25,26). The Morgan fingerprint density at radius 1 is 1.23 bits per heavy atom. The molecule has 2 aliphatic rings. The number of aryl methyl sites for hydroxylation is 2. The molecule has 2 N–H and O–H groups in total. The summed E-state index contributed by atoms with van der Waals surface area (Å²) in [5.41, 5.74) is 7.68. The summed E-state index contributed by atoms with van der Waals surface area (Å²) >= 11 is 0. The van der Waals surface area contributed by atoms with Crippen LogP contribution < -0.4 is 5.32 Å². The Morgan fingerprint density at radius 2 is 1.92 bits per heavy atom. The predicted octanol–water partition coefficient (Wildman–Crippen LogP) is 3.55. The minimum atomic E-state index is -0.874. The number of nitrogens with zero attached hydrogens (tertiary/aromatic N) is 2. The fourth-order valence-electron chi connectivity index (χ4n) is 4.66. The molecule has 0 atom stereocenters. The number of aromatic carboxylic acids is 1. The van der Waals surface area contributed by atoms with Gasteiger partial charge in [0.15, 0.2) is 5.65 Å². The molecule has 5 rings (SSSR count). The van der Waals surface area contributed by atoms with E-state index >= 15 is 0 Å². The third-order valence-electron chi connectivity index (χ3n) is 6.15.